The van der Waals surface area contributed by atoms with Gasteiger partial charge in [-0.3, -0.25) is 0 Å². The van der Waals surface area contributed by atoms with Crippen molar-refractivity contribution in [3.8, 4) is 0 Å². The predicted molar refractivity (Wildman–Crippen MR) is 60.7 cm³/mol. The van der Waals surface area contributed by atoms with Gasteiger partial charge in [0.25, 0.3) is 0 Å². The Morgan fingerprint density at radius 3 is 2.39 bits per heavy atom. The van der Waals surface area contributed by atoms with E-state index in [1.807, 2.05) is 0 Å². The molecule has 0 heterocycles. The maximum Gasteiger partial charge on any atom is 0.418 e. The van der Waals surface area contributed by atoms with E-state index in [-0.39, 0.29) is 12.1 Å². The number of nitrogen functional groups attached to an aromatic ring is 1. The normalized spacial score (nSPS) is 15.4. The van der Waals surface area contributed by atoms with Crippen molar-refractivity contribution in [2.75, 3.05) is 19.3 Å². The maximum absolute atomic E-state index is 12.5. The summed E-state index contributed by atoms with van der Waals surface area (Å²) in [7, 11) is 1.58. The minimum Gasteiger partial charge on any atom is -0.398 e. The monoisotopic (exact) mass is 264 g/mol. The Labute approximate surface area is 102 Å². The molecule has 0 bridgehead atoms. The Bertz CT molecular complexity index is 410. The number of anilines is 1. The first-order valence-electron chi connectivity index (χ1n) is 5.24. The van der Waals surface area contributed by atoms with E-state index in [4.69, 9.17) is 5.73 Å². The number of aliphatic hydroxyl groups is 2. The van der Waals surface area contributed by atoms with Gasteiger partial charge in [0.15, 0.2) is 0 Å². The van der Waals surface area contributed by atoms with Gasteiger partial charge in [-0.05, 0) is 24.7 Å². The predicted octanol–water partition coefficient (Wildman–Crippen LogP) is 0.901. The number of hydrogen-bond acceptors (Lipinski definition) is 4. The van der Waals surface area contributed by atoms with E-state index in [0.717, 1.165) is 18.2 Å². The molecule has 0 aliphatic carbocycles. The van der Waals surface area contributed by atoms with Crippen LogP contribution in [0.4, 0.5) is 18.9 Å². The number of likely N-dealkylation sites (N-methyl/N-ethyl adjacent to an activating group) is 1. The third-order valence-electron chi connectivity index (χ3n) is 2.50. The van der Waals surface area contributed by atoms with E-state index in [2.05, 4.69) is 5.32 Å². The molecule has 0 fully saturated rings. The average molecular weight is 264 g/mol. The maximum atomic E-state index is 12.5. The number of aliphatic hydroxyl groups excluding tert-OH is 2. The molecule has 1 aromatic rings. The molecule has 0 aromatic heterocycles. The zero-order valence-electron chi connectivity index (χ0n) is 9.70. The quantitative estimate of drug-likeness (QED) is 0.609. The zero-order valence-corrected chi connectivity index (χ0v) is 9.70. The SMILES string of the molecule is CNCC(O)C(O)c1ccc(C(F)(F)F)c(N)c1. The fourth-order valence-corrected chi connectivity index (χ4v) is 1.57. The van der Waals surface area contributed by atoms with Crippen LogP contribution in [0.15, 0.2) is 18.2 Å². The smallest absolute Gasteiger partial charge is 0.398 e. The van der Waals surface area contributed by atoms with E-state index in [0.29, 0.717) is 0 Å². The van der Waals surface area contributed by atoms with Crippen LogP contribution in [0.5, 0.6) is 0 Å². The van der Waals surface area contributed by atoms with Gasteiger partial charge in [-0.2, -0.15) is 13.2 Å². The lowest BCUT2D eigenvalue weighted by molar-refractivity contribution is -0.136. The van der Waals surface area contributed by atoms with Gasteiger partial charge in [-0.1, -0.05) is 6.07 Å². The van der Waals surface area contributed by atoms with Gasteiger partial charge in [0.1, 0.15) is 6.10 Å². The average Bonchev–Trinajstić information content (AvgIpc) is 2.26. The second kappa shape index (κ2) is 5.55. The first-order valence-corrected chi connectivity index (χ1v) is 5.24. The number of benzene rings is 1. The fourth-order valence-electron chi connectivity index (χ4n) is 1.57. The third kappa shape index (κ3) is 3.34. The van der Waals surface area contributed by atoms with Crippen LogP contribution in [0.25, 0.3) is 0 Å². The number of nitrogens with one attached hydrogen (secondary N) is 1. The highest BCUT2D eigenvalue weighted by Crippen LogP contribution is 2.34. The lowest BCUT2D eigenvalue weighted by Gasteiger charge is -2.19. The Hall–Kier alpha value is -1.31. The molecule has 5 N–H and O–H groups in total. The molecule has 18 heavy (non-hydrogen) atoms. The zero-order chi connectivity index (χ0) is 13.9. The van der Waals surface area contributed by atoms with Crippen LogP contribution < -0.4 is 11.1 Å². The number of nitrogens with two attached hydrogens (primary N) is 1. The molecule has 2 atom stereocenters. The molecular weight excluding hydrogens is 249 g/mol. The molecule has 0 radical (unpaired) electrons. The summed E-state index contributed by atoms with van der Waals surface area (Å²) in [6.07, 6.45) is -6.94. The van der Waals surface area contributed by atoms with Gasteiger partial charge in [-0.15, -0.1) is 0 Å². The van der Waals surface area contributed by atoms with Crippen LogP contribution in [-0.2, 0) is 6.18 Å². The largest absolute Gasteiger partial charge is 0.418 e. The van der Waals surface area contributed by atoms with E-state index < -0.39 is 29.6 Å². The first kappa shape index (κ1) is 14.7. The third-order valence-corrected chi connectivity index (χ3v) is 2.50. The lowest BCUT2D eigenvalue weighted by Crippen LogP contribution is -2.29. The summed E-state index contributed by atoms with van der Waals surface area (Å²) in [6.45, 7) is 0.113. The fraction of sp³-hybridized carbons (Fsp3) is 0.455. The standard InChI is InChI=1S/C11H15F3N2O2/c1-16-5-9(17)10(18)6-2-3-7(8(15)4-6)11(12,13)14/h2-4,9-10,16-18H,5,15H2,1H3. The van der Waals surface area contributed by atoms with Crippen LogP contribution in [0, 0.1) is 0 Å². The molecular formula is C11H15F3N2O2. The van der Waals surface area contributed by atoms with Gasteiger partial charge in [0.05, 0.1) is 11.7 Å². The van der Waals surface area contributed by atoms with Crippen LogP contribution >= 0.6 is 0 Å². The van der Waals surface area contributed by atoms with Crippen LogP contribution in [0.3, 0.4) is 0 Å². The van der Waals surface area contributed by atoms with Crippen LogP contribution in [-0.4, -0.2) is 29.9 Å². The molecule has 1 rings (SSSR count). The molecule has 0 saturated carbocycles. The Balaban J connectivity index is 2.97. The van der Waals surface area contributed by atoms with Crippen molar-refractivity contribution < 1.29 is 23.4 Å². The van der Waals surface area contributed by atoms with E-state index in [1.54, 1.807) is 7.05 Å². The highest BCUT2D eigenvalue weighted by Gasteiger charge is 2.33. The summed E-state index contributed by atoms with van der Waals surface area (Å²) in [5, 5.41) is 21.9. The minimum absolute atomic E-state index is 0.113. The number of halogens is 3. The number of hydrogen-bond donors (Lipinski definition) is 4. The van der Waals surface area contributed by atoms with E-state index >= 15 is 0 Å². The second-order valence-electron chi connectivity index (χ2n) is 3.91. The van der Waals surface area contributed by atoms with Crippen molar-refractivity contribution in [2.45, 2.75) is 18.4 Å². The van der Waals surface area contributed by atoms with Crippen molar-refractivity contribution in [3.63, 3.8) is 0 Å². The van der Waals surface area contributed by atoms with Gasteiger partial charge in [0, 0.05) is 12.2 Å². The molecule has 0 amide bonds. The Morgan fingerprint density at radius 1 is 1.33 bits per heavy atom. The highest BCUT2D eigenvalue weighted by atomic mass is 19.4. The molecule has 0 aliphatic heterocycles. The summed E-state index contributed by atoms with van der Waals surface area (Å²) < 4.78 is 37.4. The summed E-state index contributed by atoms with van der Waals surface area (Å²) in [6, 6.07) is 2.91. The summed E-state index contributed by atoms with van der Waals surface area (Å²) in [4.78, 5) is 0. The van der Waals surface area contributed by atoms with Crippen molar-refractivity contribution in [1.82, 2.24) is 5.32 Å². The van der Waals surface area contributed by atoms with Crippen molar-refractivity contribution in [2.24, 2.45) is 0 Å². The molecule has 0 aliphatic rings. The van der Waals surface area contributed by atoms with Gasteiger partial charge >= 0.3 is 6.18 Å². The Morgan fingerprint density at radius 2 is 1.94 bits per heavy atom. The highest BCUT2D eigenvalue weighted by molar-refractivity contribution is 5.51. The molecule has 0 saturated heterocycles. The Kier molecular flexibility index (Phi) is 4.55. The molecule has 7 heteroatoms. The van der Waals surface area contributed by atoms with E-state index in [9.17, 15) is 23.4 Å². The topological polar surface area (TPSA) is 78.5 Å². The van der Waals surface area contributed by atoms with Crippen molar-refractivity contribution in [3.05, 3.63) is 29.3 Å². The summed E-state index contributed by atoms with van der Waals surface area (Å²) in [5.41, 5.74) is 4.00. The van der Waals surface area contributed by atoms with Crippen LogP contribution in [0.1, 0.15) is 17.2 Å². The lowest BCUT2D eigenvalue weighted by atomic mass is 10.0. The number of alkyl halides is 3. The van der Waals surface area contributed by atoms with Gasteiger partial charge < -0.3 is 21.3 Å². The van der Waals surface area contributed by atoms with Crippen LogP contribution in [0.2, 0.25) is 0 Å². The van der Waals surface area contributed by atoms with Gasteiger partial charge in [-0.25, -0.2) is 0 Å². The molecule has 2 unspecified atom stereocenters. The van der Waals surface area contributed by atoms with Gasteiger partial charge in [0.2, 0.25) is 0 Å². The first-order chi connectivity index (χ1) is 8.27. The molecule has 4 nitrogen and oxygen atoms in total. The van der Waals surface area contributed by atoms with Crippen molar-refractivity contribution >= 4 is 5.69 Å². The summed E-state index contributed by atoms with van der Waals surface area (Å²) in [5.74, 6) is 0. The second-order valence-corrected chi connectivity index (χ2v) is 3.91. The molecule has 102 valence electrons. The van der Waals surface area contributed by atoms with E-state index in [1.165, 1.54) is 0 Å². The minimum atomic E-state index is -4.53. The molecule has 1 aromatic carbocycles. The number of rotatable bonds is 4. The molecule has 0 spiro atoms. The summed E-state index contributed by atoms with van der Waals surface area (Å²) >= 11 is 0. The van der Waals surface area contributed by atoms with Crippen molar-refractivity contribution in [1.29, 1.82) is 0 Å².